The molecule has 10 heteroatoms. The minimum absolute atomic E-state index is 0.372. The molecule has 1 aromatic carbocycles. The van der Waals surface area contributed by atoms with Gasteiger partial charge in [-0.05, 0) is 45.2 Å². The number of hydrogen-bond acceptors (Lipinski definition) is 9. The molecule has 3 aromatic heterocycles. The summed E-state index contributed by atoms with van der Waals surface area (Å²) in [5, 5.41) is 15.9. The van der Waals surface area contributed by atoms with Crippen LogP contribution >= 0.6 is 0 Å². The Balaban J connectivity index is 1.47. The molecule has 0 spiro atoms. The third-order valence-electron chi connectivity index (χ3n) is 5.60. The second-order valence-electron chi connectivity index (χ2n) is 8.34. The number of nitrogens with zero attached hydrogens (tertiary/aromatic N) is 7. The average Bonchev–Trinajstić information content (AvgIpc) is 3.20. The van der Waals surface area contributed by atoms with Crippen LogP contribution in [0.15, 0.2) is 36.8 Å². The molecule has 1 aliphatic heterocycles. The number of likely N-dealkylation sites (tertiary alicyclic amines) is 1. The van der Waals surface area contributed by atoms with Gasteiger partial charge < -0.3 is 24.8 Å². The van der Waals surface area contributed by atoms with E-state index < -0.39 is 0 Å². The Hall–Kier alpha value is -3.79. The zero-order valence-corrected chi connectivity index (χ0v) is 19.2. The zero-order chi connectivity index (χ0) is 22.9. The number of rotatable bonds is 7. The summed E-state index contributed by atoms with van der Waals surface area (Å²) in [5.74, 6) is 2.73. The second-order valence-corrected chi connectivity index (χ2v) is 8.34. The summed E-state index contributed by atoms with van der Waals surface area (Å²) in [6, 6.07) is 8.23. The Morgan fingerprint density at radius 3 is 2.73 bits per heavy atom. The first-order chi connectivity index (χ1) is 16.0. The van der Waals surface area contributed by atoms with Crippen molar-refractivity contribution in [2.75, 3.05) is 37.4 Å². The van der Waals surface area contributed by atoms with Gasteiger partial charge >= 0.3 is 0 Å². The van der Waals surface area contributed by atoms with Crippen LogP contribution in [0.25, 0.3) is 22.3 Å². The van der Waals surface area contributed by atoms with Crippen LogP contribution in [-0.4, -0.2) is 67.4 Å². The van der Waals surface area contributed by atoms with E-state index in [1.54, 1.807) is 6.33 Å². The van der Waals surface area contributed by atoms with Gasteiger partial charge in [-0.15, -0.1) is 10.2 Å². The van der Waals surface area contributed by atoms with Gasteiger partial charge in [0.1, 0.15) is 17.6 Å². The van der Waals surface area contributed by atoms with E-state index in [4.69, 9.17) is 14.7 Å². The largest absolute Gasteiger partial charge is 0.492 e. The normalized spacial score (nSPS) is 14.3. The van der Waals surface area contributed by atoms with Gasteiger partial charge in [-0.3, -0.25) is 0 Å². The van der Waals surface area contributed by atoms with Gasteiger partial charge in [0.05, 0.1) is 18.3 Å². The van der Waals surface area contributed by atoms with E-state index in [0.29, 0.717) is 24.3 Å². The highest BCUT2D eigenvalue weighted by Gasteiger charge is 2.24. The van der Waals surface area contributed by atoms with Crippen molar-refractivity contribution >= 4 is 28.4 Å². The molecule has 1 saturated heterocycles. The van der Waals surface area contributed by atoms with Crippen LogP contribution < -0.4 is 15.4 Å². The lowest BCUT2D eigenvalue weighted by Gasteiger charge is -2.37. The molecule has 0 saturated carbocycles. The molecular formula is C23H27N9O. The van der Waals surface area contributed by atoms with E-state index in [9.17, 15) is 0 Å². The van der Waals surface area contributed by atoms with E-state index in [1.165, 1.54) is 0 Å². The molecule has 10 nitrogen and oxygen atoms in total. The molecule has 1 fully saturated rings. The number of pyridine rings is 1. The number of hydrogen-bond donors (Lipinski definition) is 2. The number of aromatic nitrogens is 6. The van der Waals surface area contributed by atoms with Crippen molar-refractivity contribution in [3.8, 4) is 17.1 Å². The summed E-state index contributed by atoms with van der Waals surface area (Å²) in [7, 11) is 4.02. The highest BCUT2D eigenvalue weighted by atomic mass is 16.5. The van der Waals surface area contributed by atoms with E-state index in [1.807, 2.05) is 55.9 Å². The Kier molecular flexibility index (Phi) is 5.51. The number of ether oxygens (including phenoxy) is 1. The maximum absolute atomic E-state index is 5.89. The third kappa shape index (κ3) is 4.29. The Morgan fingerprint density at radius 1 is 1.15 bits per heavy atom. The third-order valence-corrected chi connectivity index (χ3v) is 5.60. The molecule has 0 radical (unpaired) electrons. The SMILES string of the molecule is CCOc1cc(-c2nncn2C)ccc1Nc1ncc2cc(C)nc(NC3CN(C)C3)c2n1. The van der Waals surface area contributed by atoms with Crippen LogP contribution in [-0.2, 0) is 7.05 Å². The van der Waals surface area contributed by atoms with Gasteiger partial charge in [-0.1, -0.05) is 0 Å². The monoisotopic (exact) mass is 445 g/mol. The standard InChI is InChI=1S/C23H27N9O/c1-5-33-19-9-15(22-30-25-13-32(22)4)6-7-18(19)28-23-24-10-16-8-14(2)26-21(20(16)29-23)27-17-11-31(3)12-17/h6-10,13,17H,5,11-12H2,1-4H3,(H,26,27)(H,24,28,29). The summed E-state index contributed by atoms with van der Waals surface area (Å²) < 4.78 is 7.76. The number of likely N-dealkylation sites (N-methyl/N-ethyl adjacent to an activating group) is 1. The average molecular weight is 446 g/mol. The minimum Gasteiger partial charge on any atom is -0.492 e. The van der Waals surface area contributed by atoms with Gasteiger partial charge in [0.15, 0.2) is 11.6 Å². The van der Waals surface area contributed by atoms with Gasteiger partial charge in [0.25, 0.3) is 0 Å². The van der Waals surface area contributed by atoms with E-state index >= 15 is 0 Å². The number of benzene rings is 1. The minimum atomic E-state index is 0.372. The van der Waals surface area contributed by atoms with Crippen LogP contribution in [0.5, 0.6) is 5.75 Å². The zero-order valence-electron chi connectivity index (χ0n) is 19.2. The molecule has 5 rings (SSSR count). The lowest BCUT2D eigenvalue weighted by Crippen LogP contribution is -2.52. The molecule has 0 bridgehead atoms. The van der Waals surface area contributed by atoms with Crippen LogP contribution in [0, 0.1) is 6.92 Å². The maximum atomic E-state index is 5.89. The summed E-state index contributed by atoms with van der Waals surface area (Å²) in [4.78, 5) is 16.3. The molecule has 170 valence electrons. The van der Waals surface area contributed by atoms with Crippen LogP contribution in [0.1, 0.15) is 12.6 Å². The molecule has 0 aliphatic carbocycles. The lowest BCUT2D eigenvalue weighted by molar-refractivity contribution is 0.205. The molecule has 4 aromatic rings. The van der Waals surface area contributed by atoms with Gasteiger partial charge in [-0.2, -0.15) is 0 Å². The van der Waals surface area contributed by atoms with Crippen LogP contribution in [0.3, 0.4) is 0 Å². The number of fused-ring (bicyclic) bond motifs is 1. The van der Waals surface area contributed by atoms with E-state index in [-0.39, 0.29) is 0 Å². The van der Waals surface area contributed by atoms with Crippen molar-refractivity contribution in [1.29, 1.82) is 0 Å². The number of nitrogens with one attached hydrogen (secondary N) is 2. The predicted octanol–water partition coefficient (Wildman–Crippen LogP) is 3.00. The van der Waals surface area contributed by atoms with Crippen molar-refractivity contribution in [2.45, 2.75) is 19.9 Å². The number of anilines is 3. The lowest BCUT2D eigenvalue weighted by atomic mass is 10.1. The van der Waals surface area contributed by atoms with Gasteiger partial charge in [-0.25, -0.2) is 15.0 Å². The highest BCUT2D eigenvalue weighted by Crippen LogP contribution is 2.32. The Labute approximate surface area is 192 Å². The van der Waals surface area contributed by atoms with Crippen molar-refractivity contribution in [3.05, 3.63) is 42.5 Å². The quantitative estimate of drug-likeness (QED) is 0.444. The fraction of sp³-hybridized carbons (Fsp3) is 0.348. The van der Waals surface area contributed by atoms with Crippen molar-refractivity contribution in [2.24, 2.45) is 7.05 Å². The second kappa shape index (κ2) is 8.62. The van der Waals surface area contributed by atoms with Crippen LogP contribution in [0.2, 0.25) is 0 Å². The summed E-state index contributed by atoms with van der Waals surface area (Å²) >= 11 is 0. The maximum Gasteiger partial charge on any atom is 0.227 e. The fourth-order valence-corrected chi connectivity index (χ4v) is 4.02. The van der Waals surface area contributed by atoms with Gasteiger partial charge in [0.2, 0.25) is 5.95 Å². The van der Waals surface area contributed by atoms with E-state index in [2.05, 4.69) is 37.8 Å². The molecule has 1 aliphatic rings. The summed E-state index contributed by atoms with van der Waals surface area (Å²) in [5.41, 5.74) is 3.42. The predicted molar refractivity (Wildman–Crippen MR) is 128 cm³/mol. The molecule has 4 heterocycles. The molecule has 33 heavy (non-hydrogen) atoms. The first-order valence-corrected chi connectivity index (χ1v) is 11.0. The molecule has 0 atom stereocenters. The number of aryl methyl sites for hydroxylation is 2. The van der Waals surface area contributed by atoms with Crippen molar-refractivity contribution in [3.63, 3.8) is 0 Å². The molecular weight excluding hydrogens is 418 g/mol. The Bertz CT molecular complexity index is 1300. The molecule has 0 unspecified atom stereocenters. The molecule has 2 N–H and O–H groups in total. The van der Waals surface area contributed by atoms with Crippen molar-refractivity contribution in [1.82, 2.24) is 34.6 Å². The first-order valence-electron chi connectivity index (χ1n) is 11.0. The molecule has 0 amide bonds. The topological polar surface area (TPSA) is 106 Å². The summed E-state index contributed by atoms with van der Waals surface area (Å²) in [6.45, 7) is 6.44. The first kappa shape index (κ1) is 21.1. The van der Waals surface area contributed by atoms with Crippen molar-refractivity contribution < 1.29 is 4.74 Å². The van der Waals surface area contributed by atoms with Crippen LogP contribution in [0.4, 0.5) is 17.5 Å². The fourth-order valence-electron chi connectivity index (χ4n) is 4.02. The highest BCUT2D eigenvalue weighted by molar-refractivity contribution is 5.89. The van der Waals surface area contributed by atoms with Gasteiger partial charge in [0, 0.05) is 43.0 Å². The summed E-state index contributed by atoms with van der Waals surface area (Å²) in [6.07, 6.45) is 3.50. The van der Waals surface area contributed by atoms with E-state index in [0.717, 1.165) is 52.6 Å². The Morgan fingerprint density at radius 2 is 2.00 bits per heavy atom. The smallest absolute Gasteiger partial charge is 0.227 e.